The Morgan fingerprint density at radius 2 is 1.71 bits per heavy atom. The summed E-state index contributed by atoms with van der Waals surface area (Å²) in [6.07, 6.45) is 2.22. The van der Waals surface area contributed by atoms with Crippen molar-refractivity contribution in [3.05, 3.63) is 77.5 Å². The highest BCUT2D eigenvalue weighted by Crippen LogP contribution is 2.34. The van der Waals surface area contributed by atoms with Crippen molar-refractivity contribution in [1.29, 1.82) is 5.26 Å². The number of nitrogens with zero attached hydrogens (tertiary/aromatic N) is 5. The minimum atomic E-state index is -4.03. The molecule has 0 bridgehead atoms. The van der Waals surface area contributed by atoms with E-state index in [4.69, 9.17) is 0 Å². The van der Waals surface area contributed by atoms with Crippen LogP contribution in [0.25, 0.3) is 0 Å². The number of hydrogen-bond acceptors (Lipinski definition) is 5. The van der Waals surface area contributed by atoms with Crippen molar-refractivity contribution in [2.45, 2.75) is 17.9 Å². The second-order valence-corrected chi connectivity index (χ2v) is 9.00. The first-order valence-corrected chi connectivity index (χ1v) is 11.3. The van der Waals surface area contributed by atoms with Gasteiger partial charge in [0.25, 0.3) is 10.0 Å². The molecule has 0 atom stereocenters. The summed E-state index contributed by atoms with van der Waals surface area (Å²) in [6, 6.07) is 18.1. The molecule has 0 fully saturated rings. The summed E-state index contributed by atoms with van der Waals surface area (Å²) in [5, 5.41) is 13.4. The number of anilines is 1. The van der Waals surface area contributed by atoms with Gasteiger partial charge in [-0.2, -0.15) is 18.8 Å². The SMILES string of the molecule is Cn1ncc2c1S(=O)(=O)N(CCc1ccccc1)C(=O)N2CCc1ccccc1C#N. The first kappa shape index (κ1) is 20.6. The monoisotopic (exact) mass is 435 g/mol. The summed E-state index contributed by atoms with van der Waals surface area (Å²) < 4.78 is 28.6. The predicted octanol–water partition coefficient (Wildman–Crippen LogP) is 2.71. The van der Waals surface area contributed by atoms with Crippen LogP contribution in [0.5, 0.6) is 0 Å². The molecule has 0 N–H and O–H groups in total. The fourth-order valence-corrected chi connectivity index (χ4v) is 5.38. The van der Waals surface area contributed by atoms with Gasteiger partial charge in [-0.1, -0.05) is 48.5 Å². The summed E-state index contributed by atoms with van der Waals surface area (Å²) >= 11 is 0. The van der Waals surface area contributed by atoms with E-state index in [0.717, 1.165) is 15.4 Å². The normalized spacial score (nSPS) is 14.9. The molecule has 31 heavy (non-hydrogen) atoms. The van der Waals surface area contributed by atoms with E-state index >= 15 is 0 Å². The number of urea groups is 1. The second-order valence-electron chi connectivity index (χ2n) is 7.22. The van der Waals surface area contributed by atoms with Gasteiger partial charge >= 0.3 is 6.03 Å². The lowest BCUT2D eigenvalue weighted by Gasteiger charge is -2.34. The molecule has 1 aliphatic heterocycles. The molecule has 1 aliphatic rings. The fourth-order valence-electron chi connectivity index (χ4n) is 3.73. The first-order valence-electron chi connectivity index (χ1n) is 9.81. The number of nitriles is 1. The van der Waals surface area contributed by atoms with Crippen molar-refractivity contribution >= 4 is 21.7 Å². The van der Waals surface area contributed by atoms with Crippen LogP contribution in [0.3, 0.4) is 0 Å². The van der Waals surface area contributed by atoms with Gasteiger partial charge in [-0.05, 0) is 30.0 Å². The van der Waals surface area contributed by atoms with E-state index in [1.165, 1.54) is 15.8 Å². The van der Waals surface area contributed by atoms with Crippen LogP contribution < -0.4 is 4.90 Å². The Morgan fingerprint density at radius 1 is 1.00 bits per heavy atom. The van der Waals surface area contributed by atoms with Gasteiger partial charge in [-0.3, -0.25) is 9.58 Å². The van der Waals surface area contributed by atoms with Gasteiger partial charge in [0, 0.05) is 20.1 Å². The number of amides is 2. The molecule has 3 aromatic rings. The summed E-state index contributed by atoms with van der Waals surface area (Å²) in [5.74, 6) is 0. The van der Waals surface area contributed by atoms with Crippen LogP contribution in [0, 0.1) is 11.3 Å². The number of rotatable bonds is 6. The van der Waals surface area contributed by atoms with Crippen LogP contribution >= 0.6 is 0 Å². The minimum absolute atomic E-state index is 0.00581. The third kappa shape index (κ3) is 3.78. The van der Waals surface area contributed by atoms with Crippen molar-refractivity contribution in [3.8, 4) is 6.07 Å². The van der Waals surface area contributed by atoms with Crippen LogP contribution in [-0.4, -0.2) is 41.6 Å². The standard InChI is InChI=1S/C22H21N5O3S/c1-25-21-20(16-24-25)26(13-12-18-9-5-6-10-19(18)15-23)22(28)27(31(21,29)30)14-11-17-7-3-2-4-8-17/h2-10,16H,11-14H2,1H3. The molecule has 158 valence electrons. The number of aryl methyl sites for hydroxylation is 1. The van der Waals surface area contributed by atoms with Crippen molar-refractivity contribution < 1.29 is 13.2 Å². The third-order valence-corrected chi connectivity index (χ3v) is 7.21. The Kier molecular flexibility index (Phi) is 5.48. The average Bonchev–Trinajstić information content (AvgIpc) is 3.16. The highest BCUT2D eigenvalue weighted by molar-refractivity contribution is 7.89. The summed E-state index contributed by atoms with van der Waals surface area (Å²) in [7, 11) is -2.48. The van der Waals surface area contributed by atoms with E-state index in [0.29, 0.717) is 18.4 Å². The van der Waals surface area contributed by atoms with Gasteiger partial charge in [-0.25, -0.2) is 9.10 Å². The van der Waals surface area contributed by atoms with Crippen molar-refractivity contribution in [2.75, 3.05) is 18.0 Å². The van der Waals surface area contributed by atoms with E-state index in [-0.39, 0.29) is 23.8 Å². The van der Waals surface area contributed by atoms with Gasteiger partial charge in [-0.15, -0.1) is 0 Å². The van der Waals surface area contributed by atoms with Crippen LogP contribution in [0.2, 0.25) is 0 Å². The van der Waals surface area contributed by atoms with E-state index in [9.17, 15) is 18.5 Å². The highest BCUT2D eigenvalue weighted by Gasteiger charge is 2.43. The van der Waals surface area contributed by atoms with Gasteiger partial charge < -0.3 is 0 Å². The van der Waals surface area contributed by atoms with E-state index < -0.39 is 16.1 Å². The lowest BCUT2D eigenvalue weighted by molar-refractivity contribution is 0.227. The fraction of sp³-hybridized carbons (Fsp3) is 0.227. The molecule has 0 radical (unpaired) electrons. The van der Waals surface area contributed by atoms with Crippen LogP contribution in [0.1, 0.15) is 16.7 Å². The zero-order valence-electron chi connectivity index (χ0n) is 17.0. The topological polar surface area (TPSA) is 99.3 Å². The Balaban J connectivity index is 1.65. The molecule has 9 heteroatoms. The summed E-state index contributed by atoms with van der Waals surface area (Å²) in [5.41, 5.74) is 2.54. The maximum absolute atomic E-state index is 13.3. The molecule has 8 nitrogen and oxygen atoms in total. The van der Waals surface area contributed by atoms with Gasteiger partial charge in [0.1, 0.15) is 5.69 Å². The molecular formula is C22H21N5O3S. The number of aromatic nitrogens is 2. The van der Waals surface area contributed by atoms with E-state index in [2.05, 4.69) is 11.2 Å². The number of carbonyl (C=O) groups is 1. The lowest BCUT2D eigenvalue weighted by atomic mass is 10.1. The quantitative estimate of drug-likeness (QED) is 0.593. The third-order valence-electron chi connectivity index (χ3n) is 5.32. The van der Waals surface area contributed by atoms with Gasteiger partial charge in [0.2, 0.25) is 0 Å². The second kappa shape index (κ2) is 8.24. The van der Waals surface area contributed by atoms with Crippen molar-refractivity contribution in [3.63, 3.8) is 0 Å². The number of sulfonamides is 1. The molecule has 2 aromatic carbocycles. The van der Waals surface area contributed by atoms with Crippen molar-refractivity contribution in [2.24, 2.45) is 7.05 Å². The Labute approximate surface area is 181 Å². The van der Waals surface area contributed by atoms with Crippen LogP contribution in [0.15, 0.2) is 65.8 Å². The predicted molar refractivity (Wildman–Crippen MR) is 115 cm³/mol. The zero-order chi connectivity index (χ0) is 22.0. The Morgan fingerprint density at radius 3 is 2.45 bits per heavy atom. The molecule has 0 aliphatic carbocycles. The van der Waals surface area contributed by atoms with Crippen LogP contribution in [-0.2, 0) is 29.9 Å². The maximum Gasteiger partial charge on any atom is 0.338 e. The lowest BCUT2D eigenvalue weighted by Crippen LogP contribution is -2.52. The van der Waals surface area contributed by atoms with Crippen molar-refractivity contribution in [1.82, 2.24) is 14.1 Å². The average molecular weight is 436 g/mol. The number of benzene rings is 2. The molecule has 4 rings (SSSR count). The molecular weight excluding hydrogens is 414 g/mol. The number of hydrogen-bond donors (Lipinski definition) is 0. The molecule has 2 amide bonds. The largest absolute Gasteiger partial charge is 0.338 e. The van der Waals surface area contributed by atoms with E-state index in [1.807, 2.05) is 42.5 Å². The Hall–Kier alpha value is -3.64. The number of carbonyl (C=O) groups excluding carboxylic acids is 1. The first-order chi connectivity index (χ1) is 14.9. The van der Waals surface area contributed by atoms with Crippen LogP contribution in [0.4, 0.5) is 10.5 Å². The zero-order valence-corrected chi connectivity index (χ0v) is 17.8. The number of fused-ring (bicyclic) bond motifs is 1. The molecule has 2 heterocycles. The highest BCUT2D eigenvalue weighted by atomic mass is 32.2. The minimum Gasteiger partial charge on any atom is -0.289 e. The molecule has 1 aromatic heterocycles. The van der Waals surface area contributed by atoms with Gasteiger partial charge in [0.15, 0.2) is 5.03 Å². The molecule has 0 unspecified atom stereocenters. The Bertz CT molecular complexity index is 1260. The van der Waals surface area contributed by atoms with Gasteiger partial charge in [0.05, 0.1) is 17.8 Å². The molecule has 0 spiro atoms. The maximum atomic E-state index is 13.3. The van der Waals surface area contributed by atoms with E-state index in [1.54, 1.807) is 19.2 Å². The summed E-state index contributed by atoms with van der Waals surface area (Å²) in [6.45, 7) is 0.259. The smallest absolute Gasteiger partial charge is 0.289 e. The summed E-state index contributed by atoms with van der Waals surface area (Å²) in [4.78, 5) is 14.7. The molecule has 0 saturated carbocycles. The molecule has 0 saturated heterocycles.